The molecule has 0 N–H and O–H groups in total. The van der Waals surface area contributed by atoms with Crippen LogP contribution < -0.4 is 4.74 Å². The van der Waals surface area contributed by atoms with Gasteiger partial charge in [-0.25, -0.2) is 0 Å². The van der Waals surface area contributed by atoms with E-state index in [9.17, 15) is 4.79 Å². The van der Waals surface area contributed by atoms with Crippen molar-refractivity contribution in [2.24, 2.45) is 0 Å². The van der Waals surface area contributed by atoms with Crippen LogP contribution in [0, 0.1) is 11.8 Å². The lowest BCUT2D eigenvalue weighted by atomic mass is 10.1. The number of benzene rings is 1. The van der Waals surface area contributed by atoms with Gasteiger partial charge in [-0.3, -0.25) is 4.79 Å². The summed E-state index contributed by atoms with van der Waals surface area (Å²) in [5.74, 6) is 6.52. The number of hydrogen-bond donors (Lipinski definition) is 0. The molecule has 0 heterocycles. The van der Waals surface area contributed by atoms with Gasteiger partial charge in [0.1, 0.15) is 12.4 Å². The van der Waals surface area contributed by atoms with Gasteiger partial charge in [-0.1, -0.05) is 25.0 Å². The highest BCUT2D eigenvalue weighted by Gasteiger charge is 1.99. The summed E-state index contributed by atoms with van der Waals surface area (Å²) in [4.78, 5) is 11.1. The van der Waals surface area contributed by atoms with Gasteiger partial charge in [0.05, 0.1) is 0 Å². The molecule has 0 spiro atoms. The number of Topliss-reactive ketones (excluding diaryl/α,β-unsaturated/α-hetero) is 1. The van der Waals surface area contributed by atoms with Crippen LogP contribution >= 0.6 is 0 Å². The summed E-state index contributed by atoms with van der Waals surface area (Å²) in [6, 6.07) is 7.13. The molecule has 0 atom stereocenters. The van der Waals surface area contributed by atoms with Crippen molar-refractivity contribution in [1.29, 1.82) is 0 Å². The number of hydrogen-bond acceptors (Lipinski definition) is 2. The minimum absolute atomic E-state index is 0.0418. The summed E-state index contributed by atoms with van der Waals surface area (Å²) in [5.41, 5.74) is 0.663. The number of carbonyl (C=O) groups is 1. The van der Waals surface area contributed by atoms with E-state index >= 15 is 0 Å². The van der Waals surface area contributed by atoms with E-state index in [0.717, 1.165) is 6.42 Å². The van der Waals surface area contributed by atoms with Gasteiger partial charge in [-0.2, -0.15) is 0 Å². The van der Waals surface area contributed by atoms with Crippen molar-refractivity contribution in [2.75, 3.05) is 6.61 Å². The lowest BCUT2D eigenvalue weighted by molar-refractivity contribution is 0.101. The standard InChI is InChI=1S/C13H14O2/c1-3-4-5-9-15-13-8-6-7-12(10-13)11(2)14/h6-8,10H,3,9H2,1-2H3. The second-order valence-electron chi connectivity index (χ2n) is 3.08. The van der Waals surface area contributed by atoms with Crippen molar-refractivity contribution >= 4 is 5.78 Å². The zero-order valence-electron chi connectivity index (χ0n) is 9.04. The van der Waals surface area contributed by atoms with Crippen LogP contribution in [0.3, 0.4) is 0 Å². The largest absolute Gasteiger partial charge is 0.481 e. The van der Waals surface area contributed by atoms with Crippen LogP contribution in [0.1, 0.15) is 30.6 Å². The van der Waals surface area contributed by atoms with Gasteiger partial charge in [0.2, 0.25) is 0 Å². The molecule has 0 saturated carbocycles. The van der Waals surface area contributed by atoms with Crippen molar-refractivity contribution in [1.82, 2.24) is 0 Å². The maximum atomic E-state index is 11.1. The monoisotopic (exact) mass is 202 g/mol. The zero-order valence-corrected chi connectivity index (χ0v) is 9.04. The molecule has 0 radical (unpaired) electrons. The molecular formula is C13H14O2. The quantitative estimate of drug-likeness (QED) is 0.556. The first-order valence-corrected chi connectivity index (χ1v) is 4.93. The molecule has 0 saturated heterocycles. The van der Waals surface area contributed by atoms with Gasteiger partial charge >= 0.3 is 0 Å². The van der Waals surface area contributed by atoms with E-state index in [4.69, 9.17) is 4.74 Å². The highest BCUT2D eigenvalue weighted by molar-refractivity contribution is 5.94. The number of ether oxygens (including phenoxy) is 1. The smallest absolute Gasteiger partial charge is 0.159 e. The molecule has 2 nitrogen and oxygen atoms in total. The van der Waals surface area contributed by atoms with Gasteiger partial charge in [-0.15, -0.1) is 5.92 Å². The zero-order chi connectivity index (χ0) is 11.1. The molecule has 0 aromatic heterocycles. The fraction of sp³-hybridized carbons (Fsp3) is 0.308. The Labute approximate surface area is 90.3 Å². The van der Waals surface area contributed by atoms with Crippen LogP contribution in [0.15, 0.2) is 24.3 Å². The minimum Gasteiger partial charge on any atom is -0.481 e. The number of carbonyl (C=O) groups excluding carboxylic acids is 1. The third-order valence-corrected chi connectivity index (χ3v) is 1.85. The number of rotatable bonds is 3. The fourth-order valence-electron chi connectivity index (χ4n) is 1.10. The Kier molecular flexibility index (Phi) is 4.43. The Balaban J connectivity index is 2.62. The first kappa shape index (κ1) is 11.3. The fourth-order valence-corrected chi connectivity index (χ4v) is 1.10. The Morgan fingerprint density at radius 3 is 2.87 bits per heavy atom. The summed E-state index contributed by atoms with van der Waals surface area (Å²) in [5, 5.41) is 0. The van der Waals surface area contributed by atoms with Crippen molar-refractivity contribution in [3.8, 4) is 17.6 Å². The highest BCUT2D eigenvalue weighted by Crippen LogP contribution is 2.13. The van der Waals surface area contributed by atoms with Gasteiger partial charge in [0, 0.05) is 12.0 Å². The molecule has 0 aliphatic carbocycles. The SMILES string of the molecule is CCC#CCOc1cccc(C(C)=O)c1. The predicted octanol–water partition coefficient (Wildman–Crippen LogP) is 2.68. The molecule has 1 rings (SSSR count). The third-order valence-electron chi connectivity index (χ3n) is 1.85. The van der Waals surface area contributed by atoms with Crippen molar-refractivity contribution in [2.45, 2.75) is 20.3 Å². The highest BCUT2D eigenvalue weighted by atomic mass is 16.5. The van der Waals surface area contributed by atoms with Crippen molar-refractivity contribution < 1.29 is 9.53 Å². The Morgan fingerprint density at radius 2 is 2.20 bits per heavy atom. The van der Waals surface area contributed by atoms with E-state index in [1.165, 1.54) is 6.92 Å². The maximum absolute atomic E-state index is 11.1. The molecule has 0 aliphatic heterocycles. The molecule has 0 fully saturated rings. The van der Waals surface area contributed by atoms with Crippen molar-refractivity contribution in [3.05, 3.63) is 29.8 Å². The topological polar surface area (TPSA) is 26.3 Å². The van der Waals surface area contributed by atoms with E-state index in [0.29, 0.717) is 17.9 Å². The molecule has 0 unspecified atom stereocenters. The molecule has 15 heavy (non-hydrogen) atoms. The van der Waals surface area contributed by atoms with E-state index in [2.05, 4.69) is 11.8 Å². The van der Waals surface area contributed by atoms with Gasteiger partial charge in [0.25, 0.3) is 0 Å². The van der Waals surface area contributed by atoms with E-state index in [1.807, 2.05) is 13.0 Å². The summed E-state index contributed by atoms with van der Waals surface area (Å²) < 4.78 is 5.37. The van der Waals surface area contributed by atoms with E-state index in [1.54, 1.807) is 18.2 Å². The van der Waals surface area contributed by atoms with Crippen LogP contribution in [-0.2, 0) is 0 Å². The van der Waals surface area contributed by atoms with Crippen LogP contribution in [0.5, 0.6) is 5.75 Å². The molecule has 0 amide bonds. The average molecular weight is 202 g/mol. The van der Waals surface area contributed by atoms with Crippen LogP contribution in [0.25, 0.3) is 0 Å². The lowest BCUT2D eigenvalue weighted by Gasteiger charge is -2.02. The van der Waals surface area contributed by atoms with Crippen LogP contribution in [0.2, 0.25) is 0 Å². The first-order chi connectivity index (χ1) is 7.24. The summed E-state index contributed by atoms with van der Waals surface area (Å²) in [6.45, 7) is 3.90. The Bertz CT molecular complexity index is 396. The normalized spacial score (nSPS) is 8.93. The molecule has 1 aromatic carbocycles. The van der Waals surface area contributed by atoms with Crippen molar-refractivity contribution in [3.63, 3.8) is 0 Å². The summed E-state index contributed by atoms with van der Waals surface area (Å²) in [7, 11) is 0. The molecule has 0 aliphatic rings. The summed E-state index contributed by atoms with van der Waals surface area (Å²) >= 11 is 0. The summed E-state index contributed by atoms with van der Waals surface area (Å²) in [6.07, 6.45) is 0.830. The van der Waals surface area contributed by atoms with Gasteiger partial charge < -0.3 is 4.74 Å². The lowest BCUT2D eigenvalue weighted by Crippen LogP contribution is -1.96. The molecule has 1 aromatic rings. The maximum Gasteiger partial charge on any atom is 0.159 e. The second-order valence-corrected chi connectivity index (χ2v) is 3.08. The third kappa shape index (κ3) is 3.86. The molecular weight excluding hydrogens is 188 g/mol. The Hall–Kier alpha value is -1.75. The van der Waals surface area contributed by atoms with E-state index in [-0.39, 0.29) is 5.78 Å². The number of ketones is 1. The Morgan fingerprint density at radius 1 is 1.40 bits per heavy atom. The average Bonchev–Trinajstić information content (AvgIpc) is 2.25. The molecule has 2 heteroatoms. The predicted molar refractivity (Wildman–Crippen MR) is 60.0 cm³/mol. The van der Waals surface area contributed by atoms with E-state index < -0.39 is 0 Å². The minimum atomic E-state index is 0.0418. The van der Waals surface area contributed by atoms with Crippen LogP contribution in [-0.4, -0.2) is 12.4 Å². The van der Waals surface area contributed by atoms with Gasteiger partial charge in [0.15, 0.2) is 5.78 Å². The molecule has 0 bridgehead atoms. The molecule has 78 valence electrons. The first-order valence-electron chi connectivity index (χ1n) is 4.93. The van der Waals surface area contributed by atoms with Crippen LogP contribution in [0.4, 0.5) is 0 Å². The van der Waals surface area contributed by atoms with Gasteiger partial charge in [-0.05, 0) is 19.1 Å². The second kappa shape index (κ2) is 5.87.